The van der Waals surface area contributed by atoms with Crippen LogP contribution in [-0.4, -0.2) is 149 Å². The number of aliphatic hydroxyl groups excluding tert-OH is 3. The van der Waals surface area contributed by atoms with Gasteiger partial charge >= 0.3 is 5.97 Å². The SMILES string of the molecule is C#CCCN(C)[C@H]1C[C@@H](C)OC(O[C@@H]2[C@H](C)[C@H](O[C@H]3C[C@@](C)(OC)[C@@H](O)[C@H](C)O3)[C@@H](C)C(=O)O[C@H](CC)[C@@](C)(O)C(O)[C@@H](C)C(=O)[C@H](C)C[C@@]2(C)OC)[C@@H]1O. The number of hydrogen-bond acceptors (Lipinski definition) is 14. The summed E-state index contributed by atoms with van der Waals surface area (Å²) in [6, 6.07) is -0.359. The van der Waals surface area contributed by atoms with E-state index in [1.54, 1.807) is 48.5 Å². The molecule has 0 saturated carbocycles. The number of carbonyl (C=O) groups excluding carboxylic acids is 2. The van der Waals surface area contributed by atoms with Gasteiger partial charge in [-0.1, -0.05) is 27.7 Å². The van der Waals surface area contributed by atoms with Crippen molar-refractivity contribution < 1.29 is 63.2 Å². The molecule has 318 valence electrons. The van der Waals surface area contributed by atoms with Crippen molar-refractivity contribution in [2.75, 3.05) is 27.8 Å². The number of ketones is 1. The number of esters is 1. The van der Waals surface area contributed by atoms with Crippen molar-refractivity contribution in [1.29, 1.82) is 0 Å². The second-order valence-electron chi connectivity index (χ2n) is 17.1. The molecular weight excluding hydrogens is 714 g/mol. The van der Waals surface area contributed by atoms with Crippen LogP contribution in [0.5, 0.6) is 0 Å². The summed E-state index contributed by atoms with van der Waals surface area (Å²) in [5.74, 6) is -1.93. The van der Waals surface area contributed by atoms with Gasteiger partial charge in [0.25, 0.3) is 0 Å². The van der Waals surface area contributed by atoms with Crippen molar-refractivity contribution in [3.05, 3.63) is 0 Å². The first kappa shape index (κ1) is 47.6. The van der Waals surface area contributed by atoms with Crippen molar-refractivity contribution >= 4 is 11.8 Å². The normalized spacial score (nSPS) is 46.8. The van der Waals surface area contributed by atoms with Gasteiger partial charge in [-0.3, -0.25) is 14.5 Å². The van der Waals surface area contributed by atoms with E-state index >= 15 is 0 Å². The highest BCUT2D eigenvalue weighted by Crippen LogP contribution is 2.42. The summed E-state index contributed by atoms with van der Waals surface area (Å²) in [6.45, 7) is 17.5. The molecule has 3 saturated heterocycles. The Morgan fingerprint density at radius 2 is 1.53 bits per heavy atom. The Hall–Kier alpha value is -1.74. The van der Waals surface area contributed by atoms with E-state index in [4.69, 9.17) is 39.6 Å². The summed E-state index contributed by atoms with van der Waals surface area (Å²) in [6.07, 6.45) is -3.07. The van der Waals surface area contributed by atoms with E-state index in [1.807, 2.05) is 25.8 Å². The number of aliphatic hydroxyl groups is 4. The topological polar surface area (TPSA) is 183 Å². The standard InChI is InChI=1S/C41H71NO13/c1-15-17-18-42(12)28-19-23(4)51-38(32(28)44)55-36-25(6)33(54-30-21-39(9,49-13)35(46)27(8)52-30)26(7)37(47)53-29(16-2)41(11,48)34(45)24(5)31(43)22(3)20-40(36,10)50-14/h1,22-30,32-36,38,44-46,48H,16-21H2,2-14H3/t22-,23-,24+,25-,26-,27+,28+,29-,30+,32-,33+,34?,35+,36-,38?,39-,40-,41-/m1/s1. The van der Waals surface area contributed by atoms with Gasteiger partial charge in [0.15, 0.2) is 12.6 Å². The second-order valence-corrected chi connectivity index (χ2v) is 17.1. The number of cyclic esters (lactones) is 1. The van der Waals surface area contributed by atoms with Gasteiger partial charge in [-0.15, -0.1) is 12.3 Å². The van der Waals surface area contributed by atoms with E-state index in [1.165, 1.54) is 21.1 Å². The van der Waals surface area contributed by atoms with E-state index in [-0.39, 0.29) is 37.2 Å². The lowest BCUT2D eigenvalue weighted by molar-refractivity contribution is -0.319. The van der Waals surface area contributed by atoms with Crippen molar-refractivity contribution in [3.8, 4) is 12.3 Å². The number of methoxy groups -OCH3 is 2. The van der Waals surface area contributed by atoms with Gasteiger partial charge in [-0.05, 0) is 67.9 Å². The minimum Gasteiger partial charge on any atom is -0.459 e. The van der Waals surface area contributed by atoms with Crippen LogP contribution >= 0.6 is 0 Å². The molecule has 0 amide bonds. The van der Waals surface area contributed by atoms with Crippen molar-refractivity contribution in [2.45, 2.75) is 186 Å². The van der Waals surface area contributed by atoms with Gasteiger partial charge in [-0.2, -0.15) is 0 Å². The summed E-state index contributed by atoms with van der Waals surface area (Å²) >= 11 is 0. The third kappa shape index (κ3) is 10.5. The van der Waals surface area contributed by atoms with Gasteiger partial charge < -0.3 is 53.6 Å². The average Bonchev–Trinajstić information content (AvgIpc) is 3.14. The molecule has 3 aliphatic heterocycles. The summed E-state index contributed by atoms with van der Waals surface area (Å²) in [5.41, 5.74) is -4.30. The highest BCUT2D eigenvalue weighted by Gasteiger charge is 2.54. The first-order valence-electron chi connectivity index (χ1n) is 19.9. The lowest BCUT2D eigenvalue weighted by atomic mass is 9.74. The molecule has 18 atom stereocenters. The lowest BCUT2D eigenvalue weighted by Crippen LogP contribution is -2.61. The largest absolute Gasteiger partial charge is 0.459 e. The maximum Gasteiger partial charge on any atom is 0.311 e. The molecule has 0 bridgehead atoms. The quantitative estimate of drug-likeness (QED) is 0.187. The molecule has 3 fully saturated rings. The zero-order valence-corrected chi connectivity index (χ0v) is 35.4. The number of hydrogen-bond donors (Lipinski definition) is 4. The maximum absolute atomic E-state index is 14.2. The molecule has 2 unspecified atom stereocenters. The third-order valence-electron chi connectivity index (χ3n) is 12.8. The molecule has 0 radical (unpaired) electrons. The van der Waals surface area contributed by atoms with Crippen LogP contribution in [0.15, 0.2) is 0 Å². The van der Waals surface area contributed by atoms with Crippen LogP contribution in [0.4, 0.5) is 0 Å². The van der Waals surface area contributed by atoms with Crippen molar-refractivity contribution in [1.82, 2.24) is 4.90 Å². The molecule has 0 aromatic carbocycles. The summed E-state index contributed by atoms with van der Waals surface area (Å²) < 4.78 is 44.1. The molecule has 14 heteroatoms. The van der Waals surface area contributed by atoms with Crippen molar-refractivity contribution in [3.63, 3.8) is 0 Å². The van der Waals surface area contributed by atoms with Crippen molar-refractivity contribution in [2.24, 2.45) is 23.7 Å². The van der Waals surface area contributed by atoms with Crippen LogP contribution in [-0.2, 0) is 42.7 Å². The molecule has 55 heavy (non-hydrogen) atoms. The molecule has 0 aromatic heterocycles. The van der Waals surface area contributed by atoms with Crippen LogP contribution in [0.3, 0.4) is 0 Å². The summed E-state index contributed by atoms with van der Waals surface area (Å²) in [7, 11) is 4.89. The molecule has 14 nitrogen and oxygen atoms in total. The summed E-state index contributed by atoms with van der Waals surface area (Å²) in [4.78, 5) is 30.3. The van der Waals surface area contributed by atoms with Gasteiger partial charge in [-0.25, -0.2) is 0 Å². The molecule has 0 aliphatic carbocycles. The molecule has 4 N–H and O–H groups in total. The molecule has 0 aromatic rings. The predicted molar refractivity (Wildman–Crippen MR) is 203 cm³/mol. The van der Waals surface area contributed by atoms with Crippen LogP contribution in [0.25, 0.3) is 0 Å². The fourth-order valence-electron chi connectivity index (χ4n) is 8.92. The van der Waals surface area contributed by atoms with E-state index in [0.29, 0.717) is 19.4 Å². The number of Topliss-reactive ketones (excluding diaryl/α,β-unsaturated/α-hetero) is 1. The Kier molecular flexibility index (Phi) is 16.8. The highest BCUT2D eigenvalue weighted by molar-refractivity contribution is 5.83. The van der Waals surface area contributed by atoms with Gasteiger partial charge in [0.1, 0.15) is 29.7 Å². The number of likely N-dealkylation sites (N-methyl/N-ethyl adjacent to an activating group) is 1. The highest BCUT2D eigenvalue weighted by atomic mass is 16.7. The van der Waals surface area contributed by atoms with Gasteiger partial charge in [0, 0.05) is 57.4 Å². The monoisotopic (exact) mass is 785 g/mol. The molecule has 3 rings (SSSR count). The number of nitrogens with zero attached hydrogens (tertiary/aromatic N) is 1. The smallest absolute Gasteiger partial charge is 0.311 e. The van der Waals surface area contributed by atoms with Gasteiger partial charge in [0.2, 0.25) is 0 Å². The predicted octanol–water partition coefficient (Wildman–Crippen LogP) is 2.83. The van der Waals surface area contributed by atoms with E-state index in [0.717, 1.165) is 0 Å². The van der Waals surface area contributed by atoms with E-state index in [9.17, 15) is 30.0 Å². The first-order chi connectivity index (χ1) is 25.5. The average molecular weight is 786 g/mol. The Morgan fingerprint density at radius 1 is 0.909 bits per heavy atom. The molecular formula is C41H71NO13. The third-order valence-corrected chi connectivity index (χ3v) is 12.8. The van der Waals surface area contributed by atoms with E-state index < -0.39 is 102 Å². The molecule has 0 spiro atoms. The maximum atomic E-state index is 14.2. The minimum absolute atomic E-state index is 0.0913. The number of ether oxygens (including phenoxy) is 7. The number of rotatable bonds is 10. The lowest BCUT2D eigenvalue weighted by Gasteiger charge is -2.50. The Bertz CT molecular complexity index is 1310. The fraction of sp³-hybridized carbons (Fsp3) is 0.902. The molecule has 3 aliphatic rings. The first-order valence-corrected chi connectivity index (χ1v) is 19.9. The number of terminal acetylenes is 1. The Morgan fingerprint density at radius 3 is 2.09 bits per heavy atom. The van der Waals surface area contributed by atoms with Gasteiger partial charge in [0.05, 0.1) is 47.6 Å². The zero-order valence-electron chi connectivity index (χ0n) is 35.4. The zero-order chi connectivity index (χ0) is 41.8. The van der Waals surface area contributed by atoms with Crippen LogP contribution < -0.4 is 0 Å². The van der Waals surface area contributed by atoms with Crippen LogP contribution in [0.2, 0.25) is 0 Å². The fourth-order valence-corrected chi connectivity index (χ4v) is 8.92. The van der Waals surface area contributed by atoms with Crippen LogP contribution in [0, 0.1) is 36.0 Å². The Labute approximate surface area is 328 Å². The number of carbonyl (C=O) groups is 2. The van der Waals surface area contributed by atoms with Crippen LogP contribution in [0.1, 0.15) is 101 Å². The minimum atomic E-state index is -1.98. The Balaban J connectivity index is 2.22. The second kappa shape index (κ2) is 19.3. The molecule has 3 heterocycles. The van der Waals surface area contributed by atoms with E-state index in [2.05, 4.69) is 5.92 Å². The summed E-state index contributed by atoms with van der Waals surface area (Å²) in [5, 5.41) is 45.9.